The van der Waals surface area contributed by atoms with Crippen molar-refractivity contribution < 1.29 is 9.50 Å². The molecule has 1 aromatic carbocycles. The lowest BCUT2D eigenvalue weighted by Crippen LogP contribution is -2.35. The van der Waals surface area contributed by atoms with E-state index in [-0.39, 0.29) is 12.4 Å². The highest BCUT2D eigenvalue weighted by Crippen LogP contribution is 2.22. The predicted molar refractivity (Wildman–Crippen MR) is 70.8 cm³/mol. The zero-order valence-corrected chi connectivity index (χ0v) is 11.0. The fourth-order valence-electron chi connectivity index (χ4n) is 2.74. The van der Waals surface area contributed by atoms with E-state index in [0.29, 0.717) is 18.0 Å². The Morgan fingerprint density at radius 2 is 2.32 bits per heavy atom. The van der Waals surface area contributed by atoms with Gasteiger partial charge in [-0.15, -0.1) is 0 Å². The molecule has 0 saturated carbocycles. The molecule has 0 aromatic heterocycles. The van der Waals surface area contributed by atoms with Crippen molar-refractivity contribution in [1.29, 1.82) is 5.26 Å². The van der Waals surface area contributed by atoms with Gasteiger partial charge in [-0.1, -0.05) is 6.07 Å². The molecule has 0 amide bonds. The van der Waals surface area contributed by atoms with Crippen molar-refractivity contribution in [3.63, 3.8) is 0 Å². The monoisotopic (exact) mass is 262 g/mol. The highest BCUT2D eigenvalue weighted by Gasteiger charge is 2.20. The highest BCUT2D eigenvalue weighted by molar-refractivity contribution is 5.37. The van der Waals surface area contributed by atoms with Crippen molar-refractivity contribution in [2.45, 2.75) is 25.8 Å². The molecular weight excluding hydrogens is 243 g/mol. The summed E-state index contributed by atoms with van der Waals surface area (Å²) in [7, 11) is 0. The third-order valence-corrected chi connectivity index (χ3v) is 3.73. The van der Waals surface area contributed by atoms with Gasteiger partial charge in [0.05, 0.1) is 11.6 Å². The molecule has 1 aromatic rings. The first-order chi connectivity index (χ1) is 9.22. The van der Waals surface area contributed by atoms with E-state index in [1.54, 1.807) is 6.07 Å². The number of benzene rings is 1. The molecular formula is C15H19FN2O. The Hall–Kier alpha value is -1.44. The Labute approximate surface area is 113 Å². The van der Waals surface area contributed by atoms with Crippen LogP contribution in [0.5, 0.6) is 0 Å². The van der Waals surface area contributed by atoms with E-state index in [4.69, 9.17) is 10.4 Å². The van der Waals surface area contributed by atoms with E-state index < -0.39 is 0 Å². The van der Waals surface area contributed by atoms with Crippen LogP contribution in [0.15, 0.2) is 18.2 Å². The summed E-state index contributed by atoms with van der Waals surface area (Å²) in [5.41, 5.74) is 1.30. The maximum Gasteiger partial charge on any atom is 0.124 e. The van der Waals surface area contributed by atoms with Crippen molar-refractivity contribution >= 4 is 0 Å². The van der Waals surface area contributed by atoms with Crippen LogP contribution in [0.1, 0.15) is 30.4 Å². The standard InChI is InChI=1S/C15H19FN2O/c16-15-4-3-13(14(8-15)9-17)11-18-6-1-2-12(10-18)5-7-19/h3-4,8,12,19H,1-2,5-7,10-11H2. The molecule has 1 atom stereocenters. The summed E-state index contributed by atoms with van der Waals surface area (Å²) in [5.74, 6) is 0.168. The second-order valence-electron chi connectivity index (χ2n) is 5.17. The van der Waals surface area contributed by atoms with Crippen LogP contribution in [0.25, 0.3) is 0 Å². The molecule has 0 bridgehead atoms. The zero-order valence-electron chi connectivity index (χ0n) is 11.0. The van der Waals surface area contributed by atoms with Gasteiger partial charge in [-0.25, -0.2) is 4.39 Å². The molecule has 19 heavy (non-hydrogen) atoms. The third-order valence-electron chi connectivity index (χ3n) is 3.73. The Morgan fingerprint density at radius 3 is 3.05 bits per heavy atom. The summed E-state index contributed by atoms with van der Waals surface area (Å²) in [4.78, 5) is 2.29. The highest BCUT2D eigenvalue weighted by atomic mass is 19.1. The van der Waals surface area contributed by atoms with Crippen LogP contribution in [-0.4, -0.2) is 29.7 Å². The van der Waals surface area contributed by atoms with Crippen molar-refractivity contribution in [1.82, 2.24) is 4.90 Å². The van der Waals surface area contributed by atoms with Gasteiger partial charge >= 0.3 is 0 Å². The minimum absolute atomic E-state index is 0.235. The predicted octanol–water partition coefficient (Wildman–Crippen LogP) is 2.29. The minimum Gasteiger partial charge on any atom is -0.396 e. The number of hydrogen-bond donors (Lipinski definition) is 1. The Kier molecular flexibility index (Phi) is 4.89. The van der Waals surface area contributed by atoms with Crippen LogP contribution in [0, 0.1) is 23.1 Å². The molecule has 3 nitrogen and oxygen atoms in total. The first-order valence-electron chi connectivity index (χ1n) is 6.74. The normalized spacial score (nSPS) is 20.2. The number of nitrogens with zero attached hydrogens (tertiary/aromatic N) is 2. The maximum atomic E-state index is 13.1. The number of hydrogen-bond acceptors (Lipinski definition) is 3. The van der Waals surface area contributed by atoms with E-state index in [9.17, 15) is 4.39 Å². The summed E-state index contributed by atoms with van der Waals surface area (Å²) < 4.78 is 13.1. The molecule has 1 saturated heterocycles. The number of halogens is 1. The van der Waals surface area contributed by atoms with Crippen molar-refractivity contribution in [3.05, 3.63) is 35.1 Å². The first kappa shape index (κ1) is 14.0. The Balaban J connectivity index is 2.03. The van der Waals surface area contributed by atoms with Crippen LogP contribution in [0.3, 0.4) is 0 Å². The van der Waals surface area contributed by atoms with Crippen molar-refractivity contribution in [2.24, 2.45) is 5.92 Å². The zero-order chi connectivity index (χ0) is 13.7. The fourth-order valence-corrected chi connectivity index (χ4v) is 2.74. The lowest BCUT2D eigenvalue weighted by Gasteiger charge is -2.32. The van der Waals surface area contributed by atoms with Gasteiger partial charge in [-0.3, -0.25) is 4.90 Å². The van der Waals surface area contributed by atoms with Gasteiger partial charge in [-0.2, -0.15) is 5.26 Å². The van der Waals surface area contributed by atoms with Gasteiger partial charge in [0.25, 0.3) is 0 Å². The Morgan fingerprint density at radius 1 is 1.47 bits per heavy atom. The van der Waals surface area contributed by atoms with Gasteiger partial charge in [0.15, 0.2) is 0 Å². The average molecular weight is 262 g/mol. The molecule has 102 valence electrons. The lowest BCUT2D eigenvalue weighted by atomic mass is 9.94. The van der Waals surface area contributed by atoms with Crippen LogP contribution < -0.4 is 0 Å². The van der Waals surface area contributed by atoms with Gasteiger partial charge < -0.3 is 5.11 Å². The van der Waals surface area contributed by atoms with E-state index >= 15 is 0 Å². The number of likely N-dealkylation sites (tertiary alicyclic amines) is 1. The van der Waals surface area contributed by atoms with E-state index in [1.165, 1.54) is 12.1 Å². The van der Waals surface area contributed by atoms with E-state index in [2.05, 4.69) is 11.0 Å². The van der Waals surface area contributed by atoms with Crippen LogP contribution in [0.4, 0.5) is 4.39 Å². The molecule has 4 heteroatoms. The molecule has 0 spiro atoms. The molecule has 1 aliphatic rings. The summed E-state index contributed by atoms with van der Waals surface area (Å²) in [6, 6.07) is 6.46. The summed E-state index contributed by atoms with van der Waals surface area (Å²) in [6.45, 7) is 2.87. The van der Waals surface area contributed by atoms with Gasteiger partial charge in [0.2, 0.25) is 0 Å². The molecule has 1 unspecified atom stereocenters. The largest absolute Gasteiger partial charge is 0.396 e. The fraction of sp³-hybridized carbons (Fsp3) is 0.533. The van der Waals surface area contributed by atoms with Crippen LogP contribution in [0.2, 0.25) is 0 Å². The van der Waals surface area contributed by atoms with Crippen LogP contribution in [-0.2, 0) is 6.54 Å². The van der Waals surface area contributed by atoms with E-state index in [0.717, 1.165) is 37.9 Å². The second kappa shape index (κ2) is 6.65. The minimum atomic E-state index is -0.364. The lowest BCUT2D eigenvalue weighted by molar-refractivity contribution is 0.142. The number of aliphatic hydroxyl groups excluding tert-OH is 1. The quantitative estimate of drug-likeness (QED) is 0.905. The number of rotatable bonds is 4. The average Bonchev–Trinajstić information content (AvgIpc) is 2.41. The van der Waals surface area contributed by atoms with Crippen molar-refractivity contribution in [3.8, 4) is 6.07 Å². The second-order valence-corrected chi connectivity index (χ2v) is 5.17. The smallest absolute Gasteiger partial charge is 0.124 e. The first-order valence-corrected chi connectivity index (χ1v) is 6.74. The SMILES string of the molecule is N#Cc1cc(F)ccc1CN1CCCC(CCO)C1. The van der Waals surface area contributed by atoms with Crippen molar-refractivity contribution in [2.75, 3.05) is 19.7 Å². The molecule has 0 radical (unpaired) electrons. The number of piperidine rings is 1. The Bertz CT molecular complexity index is 468. The molecule has 1 fully saturated rings. The molecule has 0 aliphatic carbocycles. The molecule has 1 N–H and O–H groups in total. The topological polar surface area (TPSA) is 47.3 Å². The number of aliphatic hydroxyl groups is 1. The summed E-state index contributed by atoms with van der Waals surface area (Å²) in [5, 5.41) is 18.0. The molecule has 2 rings (SSSR count). The summed E-state index contributed by atoms with van der Waals surface area (Å²) in [6.07, 6.45) is 3.12. The third kappa shape index (κ3) is 3.76. The van der Waals surface area contributed by atoms with E-state index in [1.807, 2.05) is 0 Å². The van der Waals surface area contributed by atoms with Gasteiger partial charge in [0, 0.05) is 19.7 Å². The van der Waals surface area contributed by atoms with Gasteiger partial charge in [0.1, 0.15) is 5.82 Å². The van der Waals surface area contributed by atoms with Gasteiger partial charge in [-0.05, 0) is 49.4 Å². The number of nitriles is 1. The molecule has 1 heterocycles. The maximum absolute atomic E-state index is 13.1. The molecule has 1 aliphatic heterocycles. The van der Waals surface area contributed by atoms with Crippen LogP contribution >= 0.6 is 0 Å². The summed E-state index contributed by atoms with van der Waals surface area (Å²) >= 11 is 0.